The molecular weight excluding hydrogens is 340 g/mol. The van der Waals surface area contributed by atoms with Crippen molar-refractivity contribution in [3.63, 3.8) is 0 Å². The molecule has 0 fully saturated rings. The molecule has 0 aliphatic carbocycles. The van der Waals surface area contributed by atoms with Crippen molar-refractivity contribution in [2.45, 2.75) is 6.04 Å². The summed E-state index contributed by atoms with van der Waals surface area (Å²) in [7, 11) is 2.56. The zero-order chi connectivity index (χ0) is 17.8. The highest BCUT2D eigenvalue weighted by Crippen LogP contribution is 2.35. The summed E-state index contributed by atoms with van der Waals surface area (Å²) in [5, 5.41) is 6.84. The van der Waals surface area contributed by atoms with Crippen molar-refractivity contribution in [1.29, 1.82) is 0 Å². The van der Waals surface area contributed by atoms with Gasteiger partial charge in [0, 0.05) is 11.8 Å². The van der Waals surface area contributed by atoms with E-state index in [4.69, 9.17) is 9.47 Å². The van der Waals surface area contributed by atoms with Crippen molar-refractivity contribution in [1.82, 2.24) is 5.01 Å². The predicted molar refractivity (Wildman–Crippen MR) is 95.5 cm³/mol. The number of methoxy groups -OCH3 is 2. The normalized spacial score (nSPS) is 19.0. The van der Waals surface area contributed by atoms with E-state index in [1.807, 2.05) is 36.4 Å². The first-order valence-corrected chi connectivity index (χ1v) is 8.33. The average molecular weight is 356 g/mol. The molecule has 6 nitrogen and oxygen atoms in total. The zero-order valence-electron chi connectivity index (χ0n) is 13.7. The molecule has 0 bridgehead atoms. The smallest absolute Gasteiger partial charge is 0.345 e. The largest absolute Gasteiger partial charge is 0.466 e. The van der Waals surface area contributed by atoms with Gasteiger partial charge in [0.25, 0.3) is 0 Å². The predicted octanol–water partition coefficient (Wildman–Crippen LogP) is 2.45. The van der Waals surface area contributed by atoms with E-state index >= 15 is 0 Å². The Morgan fingerprint density at radius 1 is 1.08 bits per heavy atom. The van der Waals surface area contributed by atoms with E-state index in [-0.39, 0.29) is 10.5 Å². The van der Waals surface area contributed by atoms with Crippen LogP contribution in [0.3, 0.4) is 0 Å². The minimum atomic E-state index is -0.598. The first-order valence-electron chi connectivity index (χ1n) is 7.51. The number of ether oxygens (including phenoxy) is 2. The van der Waals surface area contributed by atoms with Gasteiger partial charge in [0.05, 0.1) is 19.8 Å². The number of hydrazone groups is 1. The number of allylic oxidation sites excluding steroid dienone is 2. The summed E-state index contributed by atoms with van der Waals surface area (Å²) in [4.78, 5) is 25.0. The Labute approximate surface area is 149 Å². The highest BCUT2D eigenvalue weighted by atomic mass is 32.2. The fourth-order valence-corrected chi connectivity index (χ4v) is 3.55. The van der Waals surface area contributed by atoms with Gasteiger partial charge >= 0.3 is 11.9 Å². The Kier molecular flexibility index (Phi) is 5.04. The van der Waals surface area contributed by atoms with Crippen LogP contribution >= 0.6 is 11.8 Å². The van der Waals surface area contributed by atoms with Crippen molar-refractivity contribution >= 4 is 28.7 Å². The number of carbonyl (C=O) groups excluding carboxylic acids is 2. The molecule has 1 aromatic carbocycles. The van der Waals surface area contributed by atoms with Crippen LogP contribution in [0.25, 0.3) is 0 Å². The Morgan fingerprint density at radius 2 is 1.80 bits per heavy atom. The Morgan fingerprint density at radius 3 is 2.48 bits per heavy atom. The third-order valence-electron chi connectivity index (χ3n) is 3.67. The second-order valence-electron chi connectivity index (χ2n) is 5.15. The standard InChI is InChI=1S/C18H16N2O4S/c1-23-17(21)14-13-10-6-7-11-20(13)19-16(12-8-4-3-5-9-12)25-15(14)18(22)24-2/h3-11,13H,1-2H3. The molecular formula is C18H16N2O4S. The van der Waals surface area contributed by atoms with E-state index in [2.05, 4.69) is 5.10 Å². The molecule has 2 aliphatic heterocycles. The Bertz CT molecular complexity index is 812. The summed E-state index contributed by atoms with van der Waals surface area (Å²) in [6, 6.07) is 8.91. The maximum atomic E-state index is 12.4. The average Bonchev–Trinajstić information content (AvgIpc) is 2.84. The van der Waals surface area contributed by atoms with Crippen LogP contribution in [0.2, 0.25) is 0 Å². The van der Waals surface area contributed by atoms with Crippen LogP contribution in [0.1, 0.15) is 5.56 Å². The number of hydrogen-bond acceptors (Lipinski definition) is 7. The highest BCUT2D eigenvalue weighted by Gasteiger charge is 2.36. The van der Waals surface area contributed by atoms with Gasteiger partial charge in [-0.15, -0.1) is 0 Å². The molecule has 0 radical (unpaired) electrons. The third kappa shape index (κ3) is 3.36. The topological polar surface area (TPSA) is 68.2 Å². The van der Waals surface area contributed by atoms with Gasteiger partial charge in [-0.3, -0.25) is 5.01 Å². The molecule has 1 aromatic rings. The number of thioether (sulfide) groups is 1. The van der Waals surface area contributed by atoms with Gasteiger partial charge in [0.2, 0.25) is 0 Å². The summed E-state index contributed by atoms with van der Waals surface area (Å²) < 4.78 is 9.80. The van der Waals surface area contributed by atoms with Crippen LogP contribution in [0.15, 0.2) is 70.3 Å². The quantitative estimate of drug-likeness (QED) is 0.775. The molecule has 0 aromatic heterocycles. The van der Waals surface area contributed by atoms with Crippen LogP contribution in [0.4, 0.5) is 0 Å². The van der Waals surface area contributed by atoms with Crippen LogP contribution < -0.4 is 0 Å². The van der Waals surface area contributed by atoms with Gasteiger partial charge in [-0.25, -0.2) is 9.59 Å². The molecule has 0 spiro atoms. The lowest BCUT2D eigenvalue weighted by Crippen LogP contribution is -2.32. The number of benzene rings is 1. The van der Waals surface area contributed by atoms with Crippen LogP contribution in [-0.2, 0) is 19.1 Å². The number of esters is 2. The number of hydrogen-bond donors (Lipinski definition) is 0. The van der Waals surface area contributed by atoms with Crippen molar-refractivity contribution < 1.29 is 19.1 Å². The van der Waals surface area contributed by atoms with Crippen LogP contribution in [-0.4, -0.2) is 42.3 Å². The first kappa shape index (κ1) is 17.0. The maximum absolute atomic E-state index is 12.4. The van der Waals surface area contributed by atoms with E-state index in [1.165, 1.54) is 14.2 Å². The van der Waals surface area contributed by atoms with Crippen molar-refractivity contribution in [3.8, 4) is 0 Å². The van der Waals surface area contributed by atoms with Crippen molar-refractivity contribution in [3.05, 3.63) is 70.8 Å². The number of carbonyl (C=O) groups is 2. The minimum absolute atomic E-state index is 0.171. The Balaban J connectivity index is 2.18. The number of nitrogens with zero attached hydrogens (tertiary/aromatic N) is 2. The molecule has 2 aliphatic rings. The van der Waals surface area contributed by atoms with E-state index in [1.54, 1.807) is 23.4 Å². The highest BCUT2D eigenvalue weighted by molar-refractivity contribution is 8.18. The lowest BCUT2D eigenvalue weighted by Gasteiger charge is -2.26. The molecule has 0 saturated carbocycles. The van der Waals surface area contributed by atoms with Gasteiger partial charge in [0.15, 0.2) is 0 Å². The van der Waals surface area contributed by atoms with Gasteiger partial charge in [0.1, 0.15) is 16.0 Å². The summed E-state index contributed by atoms with van der Waals surface area (Å²) in [6.07, 6.45) is 7.14. The second-order valence-corrected chi connectivity index (χ2v) is 6.15. The van der Waals surface area contributed by atoms with E-state index in [9.17, 15) is 9.59 Å². The molecule has 0 N–H and O–H groups in total. The molecule has 7 heteroatoms. The van der Waals surface area contributed by atoms with Gasteiger partial charge in [-0.2, -0.15) is 5.10 Å². The molecule has 25 heavy (non-hydrogen) atoms. The van der Waals surface area contributed by atoms with E-state index in [0.717, 1.165) is 17.3 Å². The first-order chi connectivity index (χ1) is 12.2. The van der Waals surface area contributed by atoms with Gasteiger partial charge in [-0.05, 0) is 6.08 Å². The SMILES string of the molecule is COC(=O)C1=C(C(=O)OC)C2C=CC=CN2N=C(c2ccccc2)S1. The van der Waals surface area contributed by atoms with Crippen molar-refractivity contribution in [2.24, 2.45) is 5.10 Å². The van der Waals surface area contributed by atoms with Crippen LogP contribution in [0, 0.1) is 0 Å². The monoisotopic (exact) mass is 356 g/mol. The molecule has 2 heterocycles. The molecule has 1 atom stereocenters. The summed E-state index contributed by atoms with van der Waals surface area (Å²) >= 11 is 1.10. The van der Waals surface area contributed by atoms with Crippen molar-refractivity contribution in [2.75, 3.05) is 14.2 Å². The lowest BCUT2D eigenvalue weighted by atomic mass is 10.0. The second kappa shape index (κ2) is 7.40. The Hall–Kier alpha value is -2.80. The van der Waals surface area contributed by atoms with E-state index < -0.39 is 18.0 Å². The molecule has 0 amide bonds. The molecule has 0 saturated heterocycles. The van der Waals surface area contributed by atoms with E-state index in [0.29, 0.717) is 5.04 Å². The molecule has 1 unspecified atom stereocenters. The maximum Gasteiger partial charge on any atom is 0.345 e. The molecule has 3 rings (SSSR count). The fourth-order valence-electron chi connectivity index (χ4n) is 2.49. The summed E-state index contributed by atoms with van der Waals surface area (Å²) in [5.74, 6) is -1.19. The number of rotatable bonds is 3. The zero-order valence-corrected chi connectivity index (χ0v) is 14.5. The van der Waals surface area contributed by atoms with Gasteiger partial charge in [-0.1, -0.05) is 54.2 Å². The fraction of sp³-hybridized carbons (Fsp3) is 0.167. The van der Waals surface area contributed by atoms with Gasteiger partial charge < -0.3 is 9.47 Å². The van der Waals surface area contributed by atoms with Crippen LogP contribution in [0.5, 0.6) is 0 Å². The molecule has 128 valence electrons. The summed E-state index contributed by atoms with van der Waals surface area (Å²) in [6.45, 7) is 0. The summed E-state index contributed by atoms with van der Waals surface area (Å²) in [5.41, 5.74) is 1.04. The minimum Gasteiger partial charge on any atom is -0.466 e. The third-order valence-corrected chi connectivity index (χ3v) is 4.77. The number of fused-ring (bicyclic) bond motifs is 1. The lowest BCUT2D eigenvalue weighted by molar-refractivity contribution is -0.139.